The Labute approximate surface area is 167 Å². The van der Waals surface area contributed by atoms with Crippen molar-refractivity contribution in [3.8, 4) is 16.9 Å². The van der Waals surface area contributed by atoms with Crippen molar-refractivity contribution in [2.24, 2.45) is 0 Å². The third kappa shape index (κ3) is 3.65. The van der Waals surface area contributed by atoms with Crippen molar-refractivity contribution in [1.29, 1.82) is 0 Å². The lowest BCUT2D eigenvalue weighted by atomic mass is 9.97. The highest BCUT2D eigenvalue weighted by Gasteiger charge is 2.20. The fourth-order valence-electron chi connectivity index (χ4n) is 3.62. The molecular formula is C24H20FNO3. The van der Waals surface area contributed by atoms with Crippen molar-refractivity contribution in [2.75, 3.05) is 7.11 Å². The lowest BCUT2D eigenvalue weighted by molar-refractivity contribution is 0.0989. The number of methoxy groups -OCH3 is 1. The third-order valence-electron chi connectivity index (χ3n) is 4.98. The van der Waals surface area contributed by atoms with E-state index in [4.69, 9.17) is 4.74 Å². The number of hydrogen-bond donors (Lipinski definition) is 2. The first-order valence-electron chi connectivity index (χ1n) is 9.27. The maximum absolute atomic E-state index is 13.9. The molecule has 4 aromatic rings. The third-order valence-corrected chi connectivity index (χ3v) is 4.98. The molecule has 0 radical (unpaired) electrons. The van der Waals surface area contributed by atoms with Crippen molar-refractivity contribution in [3.05, 3.63) is 89.4 Å². The number of benzene rings is 3. The number of H-pyrrole nitrogens is 1. The fourth-order valence-corrected chi connectivity index (χ4v) is 3.62. The minimum absolute atomic E-state index is 0.116. The Morgan fingerprint density at radius 2 is 1.86 bits per heavy atom. The SMILES string of the molecule is COc1ccc(CC(=O)c2[nH]c3ccc(F)cc3c2-c2ccccc2)cc1CO. The van der Waals surface area contributed by atoms with E-state index in [2.05, 4.69) is 4.98 Å². The van der Waals surface area contributed by atoms with E-state index in [-0.39, 0.29) is 24.6 Å². The van der Waals surface area contributed by atoms with Gasteiger partial charge in [0.25, 0.3) is 0 Å². The van der Waals surface area contributed by atoms with E-state index < -0.39 is 0 Å². The molecular weight excluding hydrogens is 369 g/mol. The molecule has 0 fully saturated rings. The first-order valence-corrected chi connectivity index (χ1v) is 9.27. The lowest BCUT2D eigenvalue weighted by Crippen LogP contribution is -2.06. The topological polar surface area (TPSA) is 62.3 Å². The summed E-state index contributed by atoms with van der Waals surface area (Å²) >= 11 is 0. The van der Waals surface area contributed by atoms with Crippen LogP contribution in [0.5, 0.6) is 5.75 Å². The Balaban J connectivity index is 1.78. The fraction of sp³-hybridized carbons (Fsp3) is 0.125. The van der Waals surface area contributed by atoms with Crippen LogP contribution >= 0.6 is 0 Å². The highest BCUT2D eigenvalue weighted by molar-refractivity contribution is 6.11. The molecule has 0 saturated heterocycles. The number of rotatable bonds is 6. The zero-order valence-corrected chi connectivity index (χ0v) is 15.9. The van der Waals surface area contributed by atoms with Crippen LogP contribution in [0.1, 0.15) is 21.6 Å². The van der Waals surface area contributed by atoms with Crippen molar-refractivity contribution >= 4 is 16.7 Å². The van der Waals surface area contributed by atoms with Crippen LogP contribution in [0.25, 0.3) is 22.0 Å². The standard InChI is InChI=1S/C24H20FNO3/c1-29-22-10-7-15(11-17(22)14-27)12-21(28)24-23(16-5-3-2-4-6-16)19-13-18(25)8-9-20(19)26-24/h2-11,13,26-27H,12,14H2,1H3. The molecule has 0 atom stereocenters. The van der Waals surface area contributed by atoms with Gasteiger partial charge in [0, 0.05) is 28.5 Å². The smallest absolute Gasteiger partial charge is 0.184 e. The van der Waals surface area contributed by atoms with Gasteiger partial charge in [-0.2, -0.15) is 0 Å². The summed E-state index contributed by atoms with van der Waals surface area (Å²) < 4.78 is 19.1. The molecule has 4 nitrogen and oxygen atoms in total. The molecule has 0 bridgehead atoms. The molecule has 0 amide bonds. The summed E-state index contributed by atoms with van der Waals surface area (Å²) in [7, 11) is 1.54. The number of aliphatic hydroxyl groups excluding tert-OH is 1. The Hall–Kier alpha value is -3.44. The summed E-state index contributed by atoms with van der Waals surface area (Å²) in [4.78, 5) is 16.4. The van der Waals surface area contributed by atoms with Gasteiger partial charge in [-0.25, -0.2) is 4.39 Å². The molecule has 0 aliphatic heterocycles. The summed E-state index contributed by atoms with van der Waals surface area (Å²) in [6.07, 6.45) is 0.145. The summed E-state index contributed by atoms with van der Waals surface area (Å²) in [6, 6.07) is 19.3. The lowest BCUT2D eigenvalue weighted by Gasteiger charge is -2.09. The van der Waals surface area contributed by atoms with Gasteiger partial charge in [-0.3, -0.25) is 4.79 Å². The predicted molar refractivity (Wildman–Crippen MR) is 111 cm³/mol. The summed E-state index contributed by atoms with van der Waals surface area (Å²) in [5.74, 6) is 0.111. The number of hydrogen-bond acceptors (Lipinski definition) is 3. The molecule has 0 saturated carbocycles. The molecule has 1 heterocycles. The second-order valence-electron chi connectivity index (χ2n) is 6.84. The highest BCUT2D eigenvalue weighted by Crippen LogP contribution is 2.34. The predicted octanol–water partition coefficient (Wildman–Crippen LogP) is 4.90. The molecule has 0 aliphatic rings. The number of fused-ring (bicyclic) bond motifs is 1. The number of nitrogens with one attached hydrogen (secondary N) is 1. The molecule has 0 unspecified atom stereocenters. The van der Waals surface area contributed by atoms with E-state index in [1.807, 2.05) is 30.3 Å². The molecule has 146 valence electrons. The molecule has 29 heavy (non-hydrogen) atoms. The zero-order valence-electron chi connectivity index (χ0n) is 15.9. The Kier molecular flexibility index (Phi) is 5.14. The molecule has 1 aromatic heterocycles. The Bertz CT molecular complexity index is 1180. The first kappa shape index (κ1) is 18.9. The van der Waals surface area contributed by atoms with Crippen LogP contribution in [-0.4, -0.2) is 23.0 Å². The van der Waals surface area contributed by atoms with Crippen LogP contribution in [0, 0.1) is 5.82 Å². The van der Waals surface area contributed by atoms with E-state index in [0.717, 1.165) is 11.1 Å². The molecule has 4 rings (SSSR count). The van der Waals surface area contributed by atoms with Crippen LogP contribution in [-0.2, 0) is 13.0 Å². The number of ketones is 1. The van der Waals surface area contributed by atoms with Gasteiger partial charge < -0.3 is 14.8 Å². The molecule has 0 aliphatic carbocycles. The van der Waals surface area contributed by atoms with Crippen LogP contribution < -0.4 is 4.74 Å². The van der Waals surface area contributed by atoms with Gasteiger partial charge in [0.2, 0.25) is 0 Å². The second-order valence-corrected chi connectivity index (χ2v) is 6.84. The van der Waals surface area contributed by atoms with E-state index in [0.29, 0.717) is 33.5 Å². The minimum Gasteiger partial charge on any atom is -0.496 e. The maximum Gasteiger partial charge on any atom is 0.184 e. The molecule has 3 aromatic carbocycles. The van der Waals surface area contributed by atoms with Crippen molar-refractivity contribution < 1.29 is 19.0 Å². The maximum atomic E-state index is 13.9. The number of halogens is 1. The number of carbonyl (C=O) groups is 1. The van der Waals surface area contributed by atoms with Gasteiger partial charge in [-0.05, 0) is 41.5 Å². The summed E-state index contributed by atoms with van der Waals surface area (Å²) in [5.41, 5.74) is 4.08. The van der Waals surface area contributed by atoms with Crippen molar-refractivity contribution in [3.63, 3.8) is 0 Å². The normalized spacial score (nSPS) is 11.0. The van der Waals surface area contributed by atoms with Gasteiger partial charge in [0.05, 0.1) is 19.4 Å². The average molecular weight is 389 g/mol. The van der Waals surface area contributed by atoms with Crippen LogP contribution in [0.4, 0.5) is 4.39 Å². The van der Waals surface area contributed by atoms with Crippen molar-refractivity contribution in [1.82, 2.24) is 4.98 Å². The molecule has 5 heteroatoms. The quantitative estimate of drug-likeness (QED) is 0.461. The largest absolute Gasteiger partial charge is 0.496 e. The van der Waals surface area contributed by atoms with Gasteiger partial charge >= 0.3 is 0 Å². The number of aromatic amines is 1. The monoisotopic (exact) mass is 389 g/mol. The van der Waals surface area contributed by atoms with Crippen LogP contribution in [0.2, 0.25) is 0 Å². The van der Waals surface area contributed by atoms with Gasteiger partial charge in [0.1, 0.15) is 11.6 Å². The number of ether oxygens (including phenoxy) is 1. The number of aromatic nitrogens is 1. The summed E-state index contributed by atoms with van der Waals surface area (Å²) in [5, 5.41) is 10.2. The van der Waals surface area contributed by atoms with Gasteiger partial charge in [-0.1, -0.05) is 36.4 Å². The average Bonchev–Trinajstić information content (AvgIpc) is 3.13. The van der Waals surface area contributed by atoms with E-state index in [1.54, 1.807) is 24.3 Å². The number of aliphatic hydroxyl groups is 1. The van der Waals surface area contributed by atoms with Gasteiger partial charge in [0.15, 0.2) is 5.78 Å². The minimum atomic E-state index is -0.351. The molecule has 2 N–H and O–H groups in total. The second kappa shape index (κ2) is 7.89. The van der Waals surface area contributed by atoms with Crippen molar-refractivity contribution in [2.45, 2.75) is 13.0 Å². The van der Waals surface area contributed by atoms with E-state index >= 15 is 0 Å². The Morgan fingerprint density at radius 3 is 2.59 bits per heavy atom. The first-order chi connectivity index (χ1) is 14.1. The van der Waals surface area contributed by atoms with E-state index in [1.165, 1.54) is 19.2 Å². The van der Waals surface area contributed by atoms with Crippen LogP contribution in [0.3, 0.4) is 0 Å². The van der Waals surface area contributed by atoms with E-state index in [9.17, 15) is 14.3 Å². The summed E-state index contributed by atoms with van der Waals surface area (Å²) in [6.45, 7) is -0.174. The van der Waals surface area contributed by atoms with Gasteiger partial charge in [-0.15, -0.1) is 0 Å². The molecule has 0 spiro atoms. The Morgan fingerprint density at radius 1 is 1.07 bits per heavy atom. The number of carbonyl (C=O) groups excluding carboxylic acids is 1. The zero-order chi connectivity index (χ0) is 20.4. The number of Topliss-reactive ketones (excluding diaryl/α,β-unsaturated/α-hetero) is 1. The van der Waals surface area contributed by atoms with Crippen LogP contribution in [0.15, 0.2) is 66.7 Å². The highest BCUT2D eigenvalue weighted by atomic mass is 19.1.